The van der Waals surface area contributed by atoms with Crippen LogP contribution in [0.3, 0.4) is 0 Å². The molecule has 2 unspecified atom stereocenters. The fourth-order valence-corrected chi connectivity index (χ4v) is 3.38. The zero-order chi connectivity index (χ0) is 15.1. The van der Waals surface area contributed by atoms with Crippen LogP contribution in [0.2, 0.25) is 0 Å². The minimum absolute atomic E-state index is 0.0853. The molecule has 1 aromatic rings. The van der Waals surface area contributed by atoms with Gasteiger partial charge in [-0.1, -0.05) is 18.2 Å². The summed E-state index contributed by atoms with van der Waals surface area (Å²) in [5, 5.41) is 10.6. The Hall–Kier alpha value is -1.06. The lowest BCUT2D eigenvalue weighted by Gasteiger charge is -2.32. The number of nitrogens with zero attached hydrogens (tertiary/aromatic N) is 1. The summed E-state index contributed by atoms with van der Waals surface area (Å²) in [7, 11) is 2.08. The van der Waals surface area contributed by atoms with Gasteiger partial charge in [0, 0.05) is 25.2 Å². The Labute approximate surface area is 122 Å². The monoisotopic (exact) mass is 277 g/mol. The molecule has 2 rings (SSSR count). The SMILES string of the molecule is Cc1ccccc1N(C)CC1C(O)C(C)(C)OC1(C)C. The molecule has 0 bridgehead atoms. The van der Waals surface area contributed by atoms with Crippen LogP contribution < -0.4 is 4.90 Å². The minimum atomic E-state index is -0.485. The average molecular weight is 277 g/mol. The van der Waals surface area contributed by atoms with E-state index in [4.69, 9.17) is 4.74 Å². The molecule has 112 valence electrons. The van der Waals surface area contributed by atoms with Crippen molar-refractivity contribution in [3.05, 3.63) is 29.8 Å². The summed E-state index contributed by atoms with van der Waals surface area (Å²) in [6.45, 7) is 11.0. The third-order valence-electron chi connectivity index (χ3n) is 4.51. The van der Waals surface area contributed by atoms with E-state index in [1.807, 2.05) is 19.9 Å². The summed E-state index contributed by atoms with van der Waals surface area (Å²) in [5.74, 6) is 0.0853. The quantitative estimate of drug-likeness (QED) is 0.922. The summed E-state index contributed by atoms with van der Waals surface area (Å²) in [6.07, 6.45) is -0.455. The van der Waals surface area contributed by atoms with Crippen molar-refractivity contribution in [3.8, 4) is 0 Å². The topological polar surface area (TPSA) is 32.7 Å². The molecule has 1 saturated heterocycles. The molecule has 1 N–H and O–H groups in total. The standard InChI is InChI=1S/C17H27NO2/c1-12-9-7-8-10-14(12)18(6)11-13-15(19)17(4,5)20-16(13,2)3/h7-10,13,15,19H,11H2,1-6H3. The van der Waals surface area contributed by atoms with E-state index >= 15 is 0 Å². The second kappa shape index (κ2) is 5.05. The van der Waals surface area contributed by atoms with Crippen LogP contribution in [-0.4, -0.2) is 36.0 Å². The Balaban J connectivity index is 2.19. The van der Waals surface area contributed by atoms with Gasteiger partial charge in [0.15, 0.2) is 0 Å². The zero-order valence-corrected chi connectivity index (χ0v) is 13.5. The van der Waals surface area contributed by atoms with Crippen LogP contribution in [0.15, 0.2) is 24.3 Å². The van der Waals surface area contributed by atoms with Gasteiger partial charge in [-0.2, -0.15) is 0 Å². The fraction of sp³-hybridized carbons (Fsp3) is 0.647. The normalized spacial score (nSPS) is 27.6. The van der Waals surface area contributed by atoms with Crippen molar-refractivity contribution in [1.29, 1.82) is 0 Å². The molecule has 0 saturated carbocycles. The largest absolute Gasteiger partial charge is 0.390 e. The third-order valence-corrected chi connectivity index (χ3v) is 4.51. The van der Waals surface area contributed by atoms with Gasteiger partial charge < -0.3 is 14.7 Å². The molecule has 0 spiro atoms. The van der Waals surface area contributed by atoms with Crippen LogP contribution in [0.25, 0.3) is 0 Å². The lowest BCUT2D eigenvalue weighted by atomic mass is 9.84. The first kappa shape index (κ1) is 15.3. The predicted octanol–water partition coefficient (Wildman–Crippen LogP) is 3.00. The zero-order valence-electron chi connectivity index (χ0n) is 13.5. The highest BCUT2D eigenvalue weighted by molar-refractivity contribution is 5.52. The predicted molar refractivity (Wildman–Crippen MR) is 83.2 cm³/mol. The molecule has 1 heterocycles. The molecule has 1 fully saturated rings. The Morgan fingerprint density at radius 3 is 2.25 bits per heavy atom. The van der Waals surface area contributed by atoms with Gasteiger partial charge in [-0.25, -0.2) is 0 Å². The number of aliphatic hydroxyl groups is 1. The highest BCUT2D eigenvalue weighted by atomic mass is 16.5. The maximum atomic E-state index is 10.6. The third kappa shape index (κ3) is 2.70. The molecule has 3 heteroatoms. The molecule has 0 aliphatic carbocycles. The number of anilines is 1. The van der Waals surface area contributed by atoms with Gasteiger partial charge in [0.25, 0.3) is 0 Å². The van der Waals surface area contributed by atoms with E-state index in [0.29, 0.717) is 0 Å². The van der Waals surface area contributed by atoms with Crippen molar-refractivity contribution in [2.45, 2.75) is 51.9 Å². The van der Waals surface area contributed by atoms with Crippen LogP contribution >= 0.6 is 0 Å². The molecule has 2 atom stereocenters. The number of benzene rings is 1. The molecule has 1 aromatic carbocycles. The van der Waals surface area contributed by atoms with Crippen LogP contribution in [-0.2, 0) is 4.74 Å². The maximum absolute atomic E-state index is 10.6. The van der Waals surface area contributed by atoms with E-state index < -0.39 is 11.7 Å². The second-order valence-electron chi connectivity index (χ2n) is 7.03. The number of rotatable bonds is 3. The van der Waals surface area contributed by atoms with E-state index in [9.17, 15) is 5.11 Å². The number of ether oxygens (including phenoxy) is 1. The average Bonchev–Trinajstić information content (AvgIpc) is 2.48. The first-order chi connectivity index (χ1) is 9.15. The van der Waals surface area contributed by atoms with Crippen molar-refractivity contribution >= 4 is 5.69 Å². The number of aliphatic hydroxyl groups excluding tert-OH is 1. The van der Waals surface area contributed by atoms with Crippen LogP contribution in [0, 0.1) is 12.8 Å². The van der Waals surface area contributed by atoms with Crippen LogP contribution in [0.5, 0.6) is 0 Å². The van der Waals surface area contributed by atoms with Crippen molar-refractivity contribution in [2.24, 2.45) is 5.92 Å². The van der Waals surface area contributed by atoms with Gasteiger partial charge in [0.1, 0.15) is 0 Å². The summed E-state index contributed by atoms with van der Waals surface area (Å²) in [5.41, 5.74) is 1.65. The van der Waals surface area contributed by atoms with Crippen molar-refractivity contribution in [3.63, 3.8) is 0 Å². The van der Waals surface area contributed by atoms with Gasteiger partial charge >= 0.3 is 0 Å². The van der Waals surface area contributed by atoms with Crippen molar-refractivity contribution < 1.29 is 9.84 Å². The van der Waals surface area contributed by atoms with E-state index in [1.54, 1.807) is 0 Å². The molecule has 3 nitrogen and oxygen atoms in total. The second-order valence-corrected chi connectivity index (χ2v) is 7.03. The minimum Gasteiger partial charge on any atom is -0.390 e. The lowest BCUT2D eigenvalue weighted by Crippen LogP contribution is -2.42. The number of para-hydroxylation sites is 1. The molecule has 0 amide bonds. The van der Waals surface area contributed by atoms with E-state index in [2.05, 4.69) is 50.9 Å². The maximum Gasteiger partial charge on any atom is 0.0897 e. The molecular weight excluding hydrogens is 250 g/mol. The lowest BCUT2D eigenvalue weighted by molar-refractivity contribution is -0.0906. The Morgan fingerprint density at radius 2 is 1.75 bits per heavy atom. The van der Waals surface area contributed by atoms with E-state index in [-0.39, 0.29) is 11.5 Å². The summed E-state index contributed by atoms with van der Waals surface area (Å²) >= 11 is 0. The van der Waals surface area contributed by atoms with Gasteiger partial charge in [0.05, 0.1) is 17.3 Å². The number of hydrogen-bond donors (Lipinski definition) is 1. The summed E-state index contributed by atoms with van der Waals surface area (Å²) in [6, 6.07) is 8.33. The number of hydrogen-bond acceptors (Lipinski definition) is 3. The first-order valence-electron chi connectivity index (χ1n) is 7.30. The fourth-order valence-electron chi connectivity index (χ4n) is 3.38. The van der Waals surface area contributed by atoms with Gasteiger partial charge in [-0.3, -0.25) is 0 Å². The highest BCUT2D eigenvalue weighted by Gasteiger charge is 2.53. The van der Waals surface area contributed by atoms with Gasteiger partial charge in [-0.05, 0) is 46.2 Å². The van der Waals surface area contributed by atoms with Crippen LogP contribution in [0.4, 0.5) is 5.69 Å². The van der Waals surface area contributed by atoms with Crippen molar-refractivity contribution in [1.82, 2.24) is 0 Å². The van der Waals surface area contributed by atoms with Crippen LogP contribution in [0.1, 0.15) is 33.3 Å². The molecule has 1 aliphatic rings. The Kier molecular flexibility index (Phi) is 3.87. The molecule has 0 aromatic heterocycles. The van der Waals surface area contributed by atoms with Gasteiger partial charge in [0.2, 0.25) is 0 Å². The van der Waals surface area contributed by atoms with Gasteiger partial charge in [-0.15, -0.1) is 0 Å². The molecule has 0 radical (unpaired) electrons. The van der Waals surface area contributed by atoms with Crippen molar-refractivity contribution in [2.75, 3.05) is 18.5 Å². The summed E-state index contributed by atoms with van der Waals surface area (Å²) in [4.78, 5) is 2.22. The highest BCUT2D eigenvalue weighted by Crippen LogP contribution is 2.42. The molecule has 1 aliphatic heterocycles. The number of aryl methyl sites for hydroxylation is 1. The Bertz CT molecular complexity index is 482. The first-order valence-corrected chi connectivity index (χ1v) is 7.30. The molecule has 20 heavy (non-hydrogen) atoms. The van der Waals surface area contributed by atoms with E-state index in [0.717, 1.165) is 6.54 Å². The Morgan fingerprint density at radius 1 is 1.15 bits per heavy atom. The smallest absolute Gasteiger partial charge is 0.0897 e. The summed E-state index contributed by atoms with van der Waals surface area (Å²) < 4.78 is 6.05. The molecular formula is C17H27NO2. The van der Waals surface area contributed by atoms with E-state index in [1.165, 1.54) is 11.3 Å².